The first-order valence-corrected chi connectivity index (χ1v) is 10.8. The molecular weight excluding hydrogens is 369 g/mol. The van der Waals surface area contributed by atoms with Crippen molar-refractivity contribution in [2.24, 2.45) is 10.9 Å². The summed E-state index contributed by atoms with van der Waals surface area (Å²) in [6.45, 7) is 10.2. The van der Waals surface area contributed by atoms with Gasteiger partial charge in [-0.3, -0.25) is 9.69 Å². The summed E-state index contributed by atoms with van der Waals surface area (Å²) in [6, 6.07) is 5.25. The Labute approximate surface area is 173 Å². The van der Waals surface area contributed by atoms with Gasteiger partial charge in [0.25, 0.3) is 0 Å². The van der Waals surface area contributed by atoms with Crippen LogP contribution in [0.1, 0.15) is 37.3 Å². The van der Waals surface area contributed by atoms with Crippen molar-refractivity contribution in [2.75, 3.05) is 45.8 Å². The molecule has 1 saturated carbocycles. The van der Waals surface area contributed by atoms with Crippen LogP contribution in [0.25, 0.3) is 0 Å². The van der Waals surface area contributed by atoms with Crippen molar-refractivity contribution < 1.29 is 9.18 Å². The Kier molecular flexibility index (Phi) is 7.86. The van der Waals surface area contributed by atoms with E-state index in [1.165, 1.54) is 6.42 Å². The van der Waals surface area contributed by atoms with Crippen LogP contribution in [-0.2, 0) is 11.3 Å². The summed E-state index contributed by atoms with van der Waals surface area (Å²) in [4.78, 5) is 21.3. The number of halogens is 1. The Hall–Kier alpha value is -2.15. The Morgan fingerprint density at radius 2 is 1.97 bits per heavy atom. The first-order valence-electron chi connectivity index (χ1n) is 10.8. The van der Waals surface area contributed by atoms with Crippen molar-refractivity contribution in [3.8, 4) is 0 Å². The van der Waals surface area contributed by atoms with Gasteiger partial charge in [0.15, 0.2) is 5.96 Å². The zero-order valence-electron chi connectivity index (χ0n) is 17.7. The van der Waals surface area contributed by atoms with E-state index in [0.717, 1.165) is 70.2 Å². The predicted octanol–water partition coefficient (Wildman–Crippen LogP) is 2.13. The minimum absolute atomic E-state index is 0.189. The van der Waals surface area contributed by atoms with E-state index in [1.807, 2.05) is 17.9 Å². The highest BCUT2D eigenvalue weighted by molar-refractivity contribution is 5.80. The number of piperazine rings is 1. The van der Waals surface area contributed by atoms with Crippen LogP contribution in [0.2, 0.25) is 0 Å². The lowest BCUT2D eigenvalue weighted by Crippen LogP contribution is -2.52. The molecule has 0 bridgehead atoms. The molecule has 0 unspecified atom stereocenters. The molecule has 1 aliphatic heterocycles. The smallest absolute Gasteiger partial charge is 0.225 e. The quantitative estimate of drug-likeness (QED) is 0.541. The summed E-state index contributed by atoms with van der Waals surface area (Å²) >= 11 is 0. The standard InChI is InChI=1S/C22H34FN5O/c1-3-24-22(26-16-18-8-7-17(2)20(23)15-18)25-9-10-27-11-13-28(14-12-27)21(29)19-5-4-6-19/h7-8,15,19H,3-6,9-14,16H2,1-2H3,(H2,24,25,26). The number of guanidine groups is 1. The van der Waals surface area contributed by atoms with Crippen LogP contribution < -0.4 is 10.6 Å². The molecule has 2 aliphatic rings. The van der Waals surface area contributed by atoms with E-state index in [2.05, 4.69) is 20.5 Å². The highest BCUT2D eigenvalue weighted by Gasteiger charge is 2.30. The maximum absolute atomic E-state index is 13.7. The average molecular weight is 404 g/mol. The fourth-order valence-corrected chi connectivity index (χ4v) is 3.68. The van der Waals surface area contributed by atoms with E-state index in [9.17, 15) is 9.18 Å². The number of hydrogen-bond donors (Lipinski definition) is 2. The van der Waals surface area contributed by atoms with Crippen LogP contribution >= 0.6 is 0 Å². The largest absolute Gasteiger partial charge is 0.357 e. The average Bonchev–Trinajstić information content (AvgIpc) is 2.68. The molecule has 1 aliphatic carbocycles. The first-order chi connectivity index (χ1) is 14.1. The number of rotatable bonds is 7. The summed E-state index contributed by atoms with van der Waals surface area (Å²) in [5.41, 5.74) is 1.51. The molecule has 0 spiro atoms. The topological polar surface area (TPSA) is 60.0 Å². The number of nitrogens with one attached hydrogen (secondary N) is 2. The van der Waals surface area contributed by atoms with E-state index in [4.69, 9.17) is 0 Å². The molecule has 2 N–H and O–H groups in total. The van der Waals surface area contributed by atoms with Crippen LogP contribution in [0.3, 0.4) is 0 Å². The second-order valence-corrected chi connectivity index (χ2v) is 8.00. The van der Waals surface area contributed by atoms with Gasteiger partial charge < -0.3 is 15.5 Å². The number of carbonyl (C=O) groups is 1. The molecule has 0 aromatic heterocycles. The van der Waals surface area contributed by atoms with Crippen molar-refractivity contribution in [1.29, 1.82) is 0 Å². The minimum atomic E-state index is -0.189. The molecule has 1 heterocycles. The number of benzene rings is 1. The monoisotopic (exact) mass is 403 g/mol. The number of amides is 1. The molecule has 1 saturated heterocycles. The van der Waals surface area contributed by atoms with Gasteiger partial charge in [-0.15, -0.1) is 0 Å². The predicted molar refractivity (Wildman–Crippen MR) is 114 cm³/mol. The second-order valence-electron chi connectivity index (χ2n) is 8.00. The van der Waals surface area contributed by atoms with Gasteiger partial charge >= 0.3 is 0 Å². The van der Waals surface area contributed by atoms with Crippen molar-refractivity contribution in [1.82, 2.24) is 20.4 Å². The molecule has 1 aromatic rings. The Bertz CT molecular complexity index is 711. The van der Waals surface area contributed by atoms with Crippen molar-refractivity contribution in [2.45, 2.75) is 39.7 Å². The zero-order valence-corrected chi connectivity index (χ0v) is 17.7. The molecular formula is C22H34FN5O. The third-order valence-corrected chi connectivity index (χ3v) is 5.86. The fraction of sp³-hybridized carbons (Fsp3) is 0.636. The summed E-state index contributed by atoms with van der Waals surface area (Å²) in [6.07, 6.45) is 3.35. The van der Waals surface area contributed by atoms with Gasteiger partial charge in [-0.1, -0.05) is 18.6 Å². The fourth-order valence-electron chi connectivity index (χ4n) is 3.68. The lowest BCUT2D eigenvalue weighted by atomic mass is 9.84. The van der Waals surface area contributed by atoms with E-state index in [-0.39, 0.29) is 5.82 Å². The SMILES string of the molecule is CCNC(=NCc1ccc(C)c(F)c1)NCCN1CCN(C(=O)C2CCC2)CC1. The van der Waals surface area contributed by atoms with Crippen molar-refractivity contribution >= 4 is 11.9 Å². The minimum Gasteiger partial charge on any atom is -0.357 e. The molecule has 0 atom stereocenters. The summed E-state index contributed by atoms with van der Waals surface area (Å²) in [5.74, 6) is 1.21. The Morgan fingerprint density at radius 3 is 2.59 bits per heavy atom. The van der Waals surface area contributed by atoms with Gasteiger partial charge in [-0.2, -0.15) is 0 Å². The van der Waals surface area contributed by atoms with Gasteiger partial charge in [0.2, 0.25) is 5.91 Å². The third-order valence-electron chi connectivity index (χ3n) is 5.86. The molecule has 7 heteroatoms. The normalized spacial score (nSPS) is 18.4. The van der Waals surface area contributed by atoms with E-state index in [0.29, 0.717) is 23.9 Å². The maximum Gasteiger partial charge on any atom is 0.225 e. The molecule has 6 nitrogen and oxygen atoms in total. The summed E-state index contributed by atoms with van der Waals surface area (Å²) in [7, 11) is 0. The Morgan fingerprint density at radius 1 is 1.21 bits per heavy atom. The van der Waals surface area contributed by atoms with Gasteiger partial charge in [-0.25, -0.2) is 9.38 Å². The second kappa shape index (κ2) is 10.6. The molecule has 0 radical (unpaired) electrons. The molecule has 160 valence electrons. The molecule has 3 rings (SSSR count). The summed E-state index contributed by atoms with van der Waals surface area (Å²) in [5, 5.41) is 6.60. The number of aliphatic imine (C=N–C) groups is 1. The molecule has 1 amide bonds. The third kappa shape index (κ3) is 6.16. The number of carbonyl (C=O) groups excluding carboxylic acids is 1. The van der Waals surface area contributed by atoms with Gasteiger partial charge in [0.05, 0.1) is 6.54 Å². The first kappa shape index (κ1) is 21.6. The number of hydrogen-bond acceptors (Lipinski definition) is 3. The lowest BCUT2D eigenvalue weighted by molar-refractivity contribution is -0.139. The lowest BCUT2D eigenvalue weighted by Gasteiger charge is -2.38. The van der Waals surface area contributed by atoms with E-state index in [1.54, 1.807) is 19.1 Å². The highest BCUT2D eigenvalue weighted by Crippen LogP contribution is 2.28. The molecule has 2 fully saturated rings. The van der Waals surface area contributed by atoms with Crippen molar-refractivity contribution in [3.63, 3.8) is 0 Å². The van der Waals surface area contributed by atoms with E-state index >= 15 is 0 Å². The van der Waals surface area contributed by atoms with Crippen LogP contribution in [0.5, 0.6) is 0 Å². The van der Waals surface area contributed by atoms with Crippen LogP contribution in [0.15, 0.2) is 23.2 Å². The number of nitrogens with zero attached hydrogens (tertiary/aromatic N) is 3. The van der Waals surface area contributed by atoms with Crippen LogP contribution in [0, 0.1) is 18.7 Å². The van der Waals surface area contributed by atoms with Crippen molar-refractivity contribution in [3.05, 3.63) is 35.1 Å². The zero-order chi connectivity index (χ0) is 20.6. The highest BCUT2D eigenvalue weighted by atomic mass is 19.1. The van der Waals surface area contributed by atoms with Crippen LogP contribution in [-0.4, -0.2) is 67.5 Å². The summed E-state index contributed by atoms with van der Waals surface area (Å²) < 4.78 is 13.7. The molecule has 1 aromatic carbocycles. The van der Waals surface area contributed by atoms with Gasteiger partial charge in [0, 0.05) is 51.7 Å². The van der Waals surface area contributed by atoms with Gasteiger partial charge in [0.1, 0.15) is 5.82 Å². The molecule has 29 heavy (non-hydrogen) atoms. The van der Waals surface area contributed by atoms with Gasteiger partial charge in [-0.05, 0) is 43.9 Å². The maximum atomic E-state index is 13.7. The van der Waals surface area contributed by atoms with E-state index < -0.39 is 0 Å². The van der Waals surface area contributed by atoms with Crippen LogP contribution in [0.4, 0.5) is 4.39 Å². The number of aryl methyl sites for hydroxylation is 1. The Balaban J connectivity index is 1.40.